The molecule has 2 aliphatic rings. The van der Waals surface area contributed by atoms with Crippen LogP contribution in [0.1, 0.15) is 15.9 Å². The van der Waals surface area contributed by atoms with Gasteiger partial charge in [-0.2, -0.15) is 0 Å². The number of hydrogen-bond acceptors (Lipinski definition) is 8. The van der Waals surface area contributed by atoms with E-state index < -0.39 is 5.97 Å². The zero-order chi connectivity index (χ0) is 21.5. The molecule has 0 N–H and O–H groups in total. The van der Waals surface area contributed by atoms with Gasteiger partial charge >= 0.3 is 5.97 Å². The number of benzene rings is 3. The van der Waals surface area contributed by atoms with Crippen LogP contribution in [0.5, 0.6) is 28.7 Å². The van der Waals surface area contributed by atoms with E-state index in [1.54, 1.807) is 14.2 Å². The van der Waals surface area contributed by atoms with E-state index in [0.29, 0.717) is 45.4 Å². The predicted octanol–water partition coefficient (Wildman–Crippen LogP) is 3.91. The maximum Gasteiger partial charge on any atom is 0.339 e. The first-order valence-corrected chi connectivity index (χ1v) is 9.59. The van der Waals surface area contributed by atoms with Crippen molar-refractivity contribution in [2.45, 2.75) is 6.61 Å². The number of hydrogen-bond donors (Lipinski definition) is 0. The summed E-state index contributed by atoms with van der Waals surface area (Å²) in [6.07, 6.45) is 0. The van der Waals surface area contributed by atoms with E-state index in [-0.39, 0.29) is 20.2 Å². The molecule has 3 aromatic carbocycles. The van der Waals surface area contributed by atoms with Gasteiger partial charge in [0.1, 0.15) is 12.4 Å². The van der Waals surface area contributed by atoms with E-state index >= 15 is 0 Å². The van der Waals surface area contributed by atoms with Gasteiger partial charge in [0.25, 0.3) is 0 Å². The lowest BCUT2D eigenvalue weighted by Gasteiger charge is -2.19. The van der Waals surface area contributed by atoms with Gasteiger partial charge in [-0.1, -0.05) is 6.07 Å². The van der Waals surface area contributed by atoms with Crippen LogP contribution in [0.25, 0.3) is 21.9 Å². The molecule has 2 aliphatic heterocycles. The van der Waals surface area contributed by atoms with E-state index in [1.165, 1.54) is 7.11 Å². The highest BCUT2D eigenvalue weighted by Crippen LogP contribution is 2.49. The lowest BCUT2D eigenvalue weighted by Crippen LogP contribution is -2.05. The number of carbonyl (C=O) groups is 1. The van der Waals surface area contributed by atoms with Crippen LogP contribution in [0.3, 0.4) is 0 Å². The molecule has 0 aliphatic carbocycles. The van der Waals surface area contributed by atoms with Crippen molar-refractivity contribution < 1.29 is 38.0 Å². The van der Waals surface area contributed by atoms with E-state index in [9.17, 15) is 4.79 Å². The monoisotopic (exact) mass is 424 g/mol. The van der Waals surface area contributed by atoms with Gasteiger partial charge in [-0.05, 0) is 35.2 Å². The van der Waals surface area contributed by atoms with Crippen LogP contribution in [0.2, 0.25) is 0 Å². The summed E-state index contributed by atoms with van der Waals surface area (Å²) < 4.78 is 38.4. The predicted molar refractivity (Wildman–Crippen MR) is 110 cm³/mol. The Balaban J connectivity index is 1.87. The molecule has 0 atom stereocenters. The van der Waals surface area contributed by atoms with Gasteiger partial charge in [0, 0.05) is 23.6 Å². The van der Waals surface area contributed by atoms with E-state index in [2.05, 4.69) is 0 Å². The Hall–Kier alpha value is -3.65. The Morgan fingerprint density at radius 2 is 1.61 bits per heavy atom. The molecule has 0 amide bonds. The minimum absolute atomic E-state index is 0.0213. The second kappa shape index (κ2) is 7.55. The van der Waals surface area contributed by atoms with Crippen molar-refractivity contribution >= 4 is 16.7 Å². The molecule has 0 saturated carbocycles. The highest BCUT2D eigenvalue weighted by molar-refractivity contribution is 6.14. The molecular weight excluding hydrogens is 404 g/mol. The zero-order valence-corrected chi connectivity index (χ0v) is 17.3. The van der Waals surface area contributed by atoms with Crippen LogP contribution in [0, 0.1) is 0 Å². The molecule has 160 valence electrons. The van der Waals surface area contributed by atoms with Crippen molar-refractivity contribution in [1.29, 1.82) is 0 Å². The molecule has 0 unspecified atom stereocenters. The summed E-state index contributed by atoms with van der Waals surface area (Å²) >= 11 is 0. The molecule has 0 fully saturated rings. The molecule has 0 radical (unpaired) electrons. The van der Waals surface area contributed by atoms with Crippen LogP contribution < -0.4 is 23.7 Å². The fourth-order valence-corrected chi connectivity index (χ4v) is 4.04. The van der Waals surface area contributed by atoms with Crippen LogP contribution in [0.15, 0.2) is 30.3 Å². The summed E-state index contributed by atoms with van der Waals surface area (Å²) in [7, 11) is 4.67. The van der Waals surface area contributed by atoms with Crippen molar-refractivity contribution in [3.05, 3.63) is 41.5 Å². The summed E-state index contributed by atoms with van der Waals surface area (Å²) in [6, 6.07) is 9.24. The van der Waals surface area contributed by atoms with Gasteiger partial charge in [0.2, 0.25) is 6.79 Å². The number of rotatable bonds is 6. The standard InChI is InChI=1S/C23H20O8/c1-25-10-31-22-14-8-18(27-3)17(26-2)7-13(14)20(21-15(22)9-28-23(21)24)12-4-5-16-19(6-12)30-11-29-16/h4-8H,9-11H2,1-3H3. The number of methoxy groups -OCH3 is 3. The first kappa shape index (κ1) is 19.3. The summed E-state index contributed by atoms with van der Waals surface area (Å²) in [4.78, 5) is 12.8. The molecule has 8 heteroatoms. The largest absolute Gasteiger partial charge is 0.493 e. The van der Waals surface area contributed by atoms with Crippen molar-refractivity contribution in [2.75, 3.05) is 34.9 Å². The average molecular weight is 424 g/mol. The Bertz CT molecular complexity index is 1200. The molecule has 0 bridgehead atoms. The van der Waals surface area contributed by atoms with Crippen LogP contribution in [-0.4, -0.2) is 40.9 Å². The maximum absolute atomic E-state index is 12.8. The van der Waals surface area contributed by atoms with E-state index in [0.717, 1.165) is 16.3 Å². The number of carbonyl (C=O) groups excluding carboxylic acids is 1. The van der Waals surface area contributed by atoms with Crippen molar-refractivity contribution in [3.8, 4) is 39.9 Å². The van der Waals surface area contributed by atoms with E-state index in [4.69, 9.17) is 33.2 Å². The summed E-state index contributed by atoms with van der Waals surface area (Å²) in [5.41, 5.74) is 2.60. The Kier molecular flexibility index (Phi) is 4.71. The van der Waals surface area contributed by atoms with E-state index in [1.807, 2.05) is 30.3 Å². The summed E-state index contributed by atoms with van der Waals surface area (Å²) in [6.45, 7) is 0.289. The van der Waals surface area contributed by atoms with Crippen molar-refractivity contribution in [1.82, 2.24) is 0 Å². The van der Waals surface area contributed by atoms with Crippen molar-refractivity contribution in [2.24, 2.45) is 0 Å². The lowest BCUT2D eigenvalue weighted by molar-refractivity contribution is 0.0484. The van der Waals surface area contributed by atoms with Gasteiger partial charge < -0.3 is 33.2 Å². The molecule has 2 heterocycles. The average Bonchev–Trinajstić information content (AvgIpc) is 3.42. The fraction of sp³-hybridized carbons (Fsp3) is 0.261. The first-order chi connectivity index (χ1) is 15.2. The van der Waals surface area contributed by atoms with Gasteiger partial charge in [0.05, 0.1) is 19.8 Å². The third-order valence-corrected chi connectivity index (χ3v) is 5.40. The molecule has 8 nitrogen and oxygen atoms in total. The Morgan fingerprint density at radius 3 is 2.35 bits per heavy atom. The highest BCUT2D eigenvalue weighted by Gasteiger charge is 2.33. The first-order valence-electron chi connectivity index (χ1n) is 9.59. The maximum atomic E-state index is 12.8. The second-order valence-corrected chi connectivity index (χ2v) is 7.01. The zero-order valence-electron chi connectivity index (χ0n) is 17.3. The third-order valence-electron chi connectivity index (χ3n) is 5.40. The van der Waals surface area contributed by atoms with Gasteiger partial charge in [-0.25, -0.2) is 4.79 Å². The third kappa shape index (κ3) is 2.98. The minimum atomic E-state index is -0.415. The van der Waals surface area contributed by atoms with Gasteiger partial charge in [-0.15, -0.1) is 0 Å². The summed E-state index contributed by atoms with van der Waals surface area (Å²) in [5, 5.41) is 1.50. The van der Waals surface area contributed by atoms with Crippen LogP contribution in [0.4, 0.5) is 0 Å². The molecule has 5 rings (SSSR count). The smallest absolute Gasteiger partial charge is 0.339 e. The Morgan fingerprint density at radius 1 is 0.871 bits per heavy atom. The molecule has 3 aromatic rings. The molecule has 0 aromatic heterocycles. The quantitative estimate of drug-likeness (QED) is 0.435. The molecular formula is C23H20O8. The molecule has 31 heavy (non-hydrogen) atoms. The topological polar surface area (TPSA) is 81.7 Å². The Labute approximate surface area is 178 Å². The normalized spacial score (nSPS) is 13.8. The number of ether oxygens (including phenoxy) is 7. The molecule has 0 spiro atoms. The minimum Gasteiger partial charge on any atom is -0.493 e. The fourth-order valence-electron chi connectivity index (χ4n) is 4.04. The van der Waals surface area contributed by atoms with Crippen molar-refractivity contribution in [3.63, 3.8) is 0 Å². The van der Waals surface area contributed by atoms with Gasteiger partial charge in [-0.3, -0.25) is 0 Å². The number of fused-ring (bicyclic) bond motifs is 3. The van der Waals surface area contributed by atoms with Gasteiger partial charge in [0.15, 0.2) is 29.8 Å². The van der Waals surface area contributed by atoms with Crippen LogP contribution >= 0.6 is 0 Å². The lowest BCUT2D eigenvalue weighted by atomic mass is 9.89. The van der Waals surface area contributed by atoms with Crippen LogP contribution in [-0.2, 0) is 16.1 Å². The summed E-state index contributed by atoms with van der Waals surface area (Å²) in [5.74, 6) is 2.45. The second-order valence-electron chi connectivity index (χ2n) is 7.01. The SMILES string of the molecule is COCOc1c2c(c(-c3ccc4c(c3)OCO4)c3cc(OC)c(OC)cc13)C(=O)OC2. The molecule has 0 saturated heterocycles. The number of cyclic esters (lactones) is 1. The highest BCUT2D eigenvalue weighted by atomic mass is 16.7. The number of esters is 1.